The Labute approximate surface area is 116 Å². The standard InChI is InChI=1S/C12H15N3O2S2/c1-15(9-10-4-2-3-7-14-10)19(16,17)12-6-5-11(8-13)18-12/h2-7H,8-9,13H2,1H3. The molecular weight excluding hydrogens is 282 g/mol. The van der Waals surface area contributed by atoms with Gasteiger partial charge in [0.1, 0.15) is 4.21 Å². The summed E-state index contributed by atoms with van der Waals surface area (Å²) in [7, 11) is -1.92. The third-order valence-electron chi connectivity index (χ3n) is 2.61. The molecule has 0 fully saturated rings. The van der Waals surface area contributed by atoms with E-state index in [0.29, 0.717) is 16.4 Å². The largest absolute Gasteiger partial charge is 0.326 e. The van der Waals surface area contributed by atoms with Crippen LogP contribution in [0.2, 0.25) is 0 Å². The Morgan fingerprint density at radius 1 is 1.32 bits per heavy atom. The van der Waals surface area contributed by atoms with Gasteiger partial charge in [-0.2, -0.15) is 4.31 Å². The molecule has 0 aromatic carbocycles. The maximum atomic E-state index is 12.3. The van der Waals surface area contributed by atoms with Gasteiger partial charge >= 0.3 is 0 Å². The topological polar surface area (TPSA) is 76.3 Å². The molecule has 0 atom stereocenters. The lowest BCUT2D eigenvalue weighted by molar-refractivity contribution is 0.464. The number of rotatable bonds is 5. The van der Waals surface area contributed by atoms with E-state index in [1.54, 1.807) is 37.5 Å². The van der Waals surface area contributed by atoms with E-state index >= 15 is 0 Å². The minimum Gasteiger partial charge on any atom is -0.326 e. The van der Waals surface area contributed by atoms with Gasteiger partial charge in [-0.1, -0.05) is 6.07 Å². The van der Waals surface area contributed by atoms with Crippen LogP contribution in [0.5, 0.6) is 0 Å². The van der Waals surface area contributed by atoms with Crippen molar-refractivity contribution in [3.8, 4) is 0 Å². The predicted molar refractivity (Wildman–Crippen MR) is 75.1 cm³/mol. The molecule has 0 aliphatic rings. The first-order valence-corrected chi connectivity index (χ1v) is 7.94. The molecule has 0 saturated heterocycles. The predicted octanol–water partition coefficient (Wildman–Crippen LogP) is 1.42. The minimum atomic E-state index is -3.47. The molecule has 0 amide bonds. The van der Waals surface area contributed by atoms with Gasteiger partial charge in [0, 0.05) is 24.7 Å². The lowest BCUT2D eigenvalue weighted by atomic mass is 10.3. The average Bonchev–Trinajstić information content (AvgIpc) is 2.89. The van der Waals surface area contributed by atoms with Crippen molar-refractivity contribution in [2.45, 2.75) is 17.3 Å². The van der Waals surface area contributed by atoms with Crippen molar-refractivity contribution in [3.63, 3.8) is 0 Å². The molecule has 0 bridgehead atoms. The van der Waals surface area contributed by atoms with Crippen LogP contribution in [0.4, 0.5) is 0 Å². The summed E-state index contributed by atoms with van der Waals surface area (Å²) in [5.41, 5.74) is 6.21. The number of hydrogen-bond acceptors (Lipinski definition) is 5. The molecule has 0 radical (unpaired) electrons. The molecule has 0 saturated carbocycles. The van der Waals surface area contributed by atoms with Crippen molar-refractivity contribution in [3.05, 3.63) is 47.1 Å². The van der Waals surface area contributed by atoms with Crippen molar-refractivity contribution in [2.75, 3.05) is 7.05 Å². The third-order valence-corrected chi connectivity index (χ3v) is 5.99. The van der Waals surface area contributed by atoms with Crippen LogP contribution in [0.3, 0.4) is 0 Å². The van der Waals surface area contributed by atoms with Crippen molar-refractivity contribution < 1.29 is 8.42 Å². The summed E-state index contributed by atoms with van der Waals surface area (Å²) in [4.78, 5) is 4.98. The van der Waals surface area contributed by atoms with Crippen LogP contribution in [0.1, 0.15) is 10.6 Å². The number of pyridine rings is 1. The number of sulfonamides is 1. The Morgan fingerprint density at radius 2 is 2.11 bits per heavy atom. The van der Waals surface area contributed by atoms with Gasteiger partial charge in [-0.15, -0.1) is 11.3 Å². The van der Waals surface area contributed by atoms with Gasteiger partial charge in [-0.25, -0.2) is 8.42 Å². The van der Waals surface area contributed by atoms with Crippen molar-refractivity contribution in [1.29, 1.82) is 0 Å². The minimum absolute atomic E-state index is 0.249. The lowest BCUT2D eigenvalue weighted by Crippen LogP contribution is -2.26. The average molecular weight is 297 g/mol. The summed E-state index contributed by atoms with van der Waals surface area (Å²) in [6.07, 6.45) is 1.65. The maximum absolute atomic E-state index is 12.3. The van der Waals surface area contributed by atoms with E-state index in [4.69, 9.17) is 5.73 Å². The highest BCUT2D eigenvalue weighted by Gasteiger charge is 2.23. The van der Waals surface area contributed by atoms with Crippen LogP contribution >= 0.6 is 11.3 Å². The normalized spacial score (nSPS) is 11.9. The van der Waals surface area contributed by atoms with Crippen LogP contribution in [-0.2, 0) is 23.1 Å². The quantitative estimate of drug-likeness (QED) is 0.905. The first-order chi connectivity index (χ1) is 9.04. The second-order valence-electron chi connectivity index (χ2n) is 4.01. The Morgan fingerprint density at radius 3 is 2.68 bits per heavy atom. The number of hydrogen-bond donors (Lipinski definition) is 1. The summed E-state index contributed by atoms with van der Waals surface area (Å²) >= 11 is 1.20. The SMILES string of the molecule is CN(Cc1ccccn1)S(=O)(=O)c1ccc(CN)s1. The molecule has 102 valence electrons. The Bertz CT molecular complexity index is 638. The zero-order valence-corrected chi connectivity index (χ0v) is 12.1. The fourth-order valence-corrected chi connectivity index (χ4v) is 4.15. The zero-order chi connectivity index (χ0) is 13.9. The molecule has 19 heavy (non-hydrogen) atoms. The van der Waals surface area contributed by atoms with Gasteiger partial charge in [0.05, 0.1) is 12.2 Å². The van der Waals surface area contributed by atoms with E-state index in [0.717, 1.165) is 4.88 Å². The molecule has 5 nitrogen and oxygen atoms in total. The summed E-state index contributed by atoms with van der Waals surface area (Å²) in [5.74, 6) is 0. The molecule has 2 aromatic rings. The molecule has 0 aliphatic heterocycles. The van der Waals surface area contributed by atoms with E-state index in [9.17, 15) is 8.42 Å². The molecule has 0 unspecified atom stereocenters. The molecule has 0 aliphatic carbocycles. The Balaban J connectivity index is 2.19. The van der Waals surface area contributed by atoms with Gasteiger partial charge < -0.3 is 5.73 Å². The summed E-state index contributed by atoms with van der Waals surface area (Å²) in [6.45, 7) is 0.600. The lowest BCUT2D eigenvalue weighted by Gasteiger charge is -2.15. The highest BCUT2D eigenvalue weighted by Crippen LogP contribution is 2.24. The summed E-state index contributed by atoms with van der Waals surface area (Å²) in [5, 5.41) is 0. The maximum Gasteiger partial charge on any atom is 0.252 e. The van der Waals surface area contributed by atoms with Gasteiger partial charge in [0.2, 0.25) is 0 Å². The van der Waals surface area contributed by atoms with E-state index in [1.807, 2.05) is 6.07 Å². The van der Waals surface area contributed by atoms with E-state index < -0.39 is 10.0 Å². The Kier molecular flexibility index (Phi) is 4.31. The molecule has 2 aromatic heterocycles. The van der Waals surface area contributed by atoms with Crippen LogP contribution in [0.15, 0.2) is 40.7 Å². The highest BCUT2D eigenvalue weighted by atomic mass is 32.2. The molecule has 7 heteroatoms. The summed E-state index contributed by atoms with van der Waals surface area (Å²) < 4.78 is 26.3. The number of aromatic nitrogens is 1. The van der Waals surface area contributed by atoms with Crippen LogP contribution < -0.4 is 5.73 Å². The van der Waals surface area contributed by atoms with Crippen molar-refractivity contribution in [1.82, 2.24) is 9.29 Å². The van der Waals surface area contributed by atoms with Crippen LogP contribution in [0.25, 0.3) is 0 Å². The zero-order valence-electron chi connectivity index (χ0n) is 10.5. The van der Waals surface area contributed by atoms with Crippen LogP contribution in [-0.4, -0.2) is 24.8 Å². The van der Waals surface area contributed by atoms with Gasteiger partial charge in [0.15, 0.2) is 0 Å². The molecule has 2 heterocycles. The summed E-state index contributed by atoms with van der Waals surface area (Å²) in [6, 6.07) is 8.76. The molecule has 2 N–H and O–H groups in total. The molecule has 2 rings (SSSR count). The van der Waals surface area contributed by atoms with E-state index in [-0.39, 0.29) is 6.54 Å². The second kappa shape index (κ2) is 5.79. The first-order valence-electron chi connectivity index (χ1n) is 5.69. The fraction of sp³-hybridized carbons (Fsp3) is 0.250. The van der Waals surface area contributed by atoms with E-state index in [2.05, 4.69) is 4.98 Å². The number of nitrogens with two attached hydrogens (primary N) is 1. The first kappa shape index (κ1) is 14.1. The van der Waals surface area contributed by atoms with E-state index in [1.165, 1.54) is 15.6 Å². The monoisotopic (exact) mass is 297 g/mol. The highest BCUT2D eigenvalue weighted by molar-refractivity contribution is 7.91. The third kappa shape index (κ3) is 3.19. The van der Waals surface area contributed by atoms with Crippen molar-refractivity contribution in [2.24, 2.45) is 5.73 Å². The molecular formula is C12H15N3O2S2. The second-order valence-corrected chi connectivity index (χ2v) is 7.45. The van der Waals surface area contributed by atoms with Crippen LogP contribution in [0, 0.1) is 0 Å². The van der Waals surface area contributed by atoms with Gasteiger partial charge in [0.25, 0.3) is 10.0 Å². The van der Waals surface area contributed by atoms with Gasteiger partial charge in [-0.3, -0.25) is 4.98 Å². The van der Waals surface area contributed by atoms with Crippen molar-refractivity contribution >= 4 is 21.4 Å². The number of thiophene rings is 1. The number of nitrogens with zero attached hydrogens (tertiary/aromatic N) is 2. The Hall–Kier alpha value is -1.28. The smallest absolute Gasteiger partial charge is 0.252 e. The van der Waals surface area contributed by atoms with Gasteiger partial charge in [-0.05, 0) is 24.3 Å². The molecule has 0 spiro atoms. The fourth-order valence-electron chi connectivity index (χ4n) is 1.56.